The molecule has 0 aromatic heterocycles. The highest BCUT2D eigenvalue weighted by atomic mass is 28.2. The van der Waals surface area contributed by atoms with Crippen LogP contribution in [0.1, 0.15) is 25.0 Å². The van der Waals surface area contributed by atoms with Gasteiger partial charge in [-0.3, -0.25) is 0 Å². The van der Waals surface area contributed by atoms with Crippen LogP contribution in [0.25, 0.3) is 6.08 Å². The van der Waals surface area contributed by atoms with Crippen LogP contribution in [0.5, 0.6) is 0 Å². The molecule has 0 bridgehead atoms. The molecule has 82 valence electrons. The Morgan fingerprint density at radius 2 is 2.00 bits per heavy atom. The molecule has 0 aliphatic heterocycles. The van der Waals surface area contributed by atoms with Crippen LogP contribution in [-0.2, 0) is 0 Å². The van der Waals surface area contributed by atoms with E-state index in [1.807, 2.05) is 6.08 Å². The molecule has 0 unspecified atom stereocenters. The third-order valence-corrected chi connectivity index (χ3v) is 5.44. The van der Waals surface area contributed by atoms with Gasteiger partial charge in [0, 0.05) is 0 Å². The van der Waals surface area contributed by atoms with Crippen molar-refractivity contribution in [3.63, 3.8) is 0 Å². The van der Waals surface area contributed by atoms with Crippen molar-refractivity contribution >= 4 is 20.9 Å². The molecule has 0 saturated heterocycles. The van der Waals surface area contributed by atoms with Gasteiger partial charge in [-0.05, 0) is 36.3 Å². The third-order valence-electron chi connectivity index (χ3n) is 3.00. The largest absolute Gasteiger partial charge is 0.325 e. The van der Waals surface area contributed by atoms with Crippen molar-refractivity contribution in [3.05, 3.63) is 35.9 Å². The second kappa shape index (κ2) is 5.88. The van der Waals surface area contributed by atoms with Gasteiger partial charge in [-0.2, -0.15) is 0 Å². The van der Waals surface area contributed by atoms with E-state index in [2.05, 4.69) is 50.1 Å². The van der Waals surface area contributed by atoms with Crippen LogP contribution in [0.2, 0.25) is 0 Å². The highest BCUT2D eigenvalue weighted by Gasteiger charge is 2.06. The maximum absolute atomic E-state index is 3.85. The van der Waals surface area contributed by atoms with Crippen LogP contribution in [0.15, 0.2) is 24.8 Å². The predicted molar refractivity (Wildman–Crippen MR) is 72.4 cm³/mol. The lowest BCUT2D eigenvalue weighted by Crippen LogP contribution is -2.37. The molecule has 0 amide bonds. The van der Waals surface area contributed by atoms with Gasteiger partial charge in [0.05, 0.1) is 0 Å². The zero-order valence-corrected chi connectivity index (χ0v) is 11.5. The van der Waals surface area contributed by atoms with E-state index >= 15 is 0 Å². The molecule has 0 N–H and O–H groups in total. The molecule has 0 spiro atoms. The van der Waals surface area contributed by atoms with Crippen molar-refractivity contribution in [2.45, 2.75) is 20.8 Å². The summed E-state index contributed by atoms with van der Waals surface area (Å²) in [7, 11) is -0.272. The molecule has 0 aliphatic carbocycles. The predicted octanol–water partition coefficient (Wildman–Crippen LogP) is 1.69. The maximum Gasteiger partial charge on any atom is 0.127 e. The summed E-state index contributed by atoms with van der Waals surface area (Å²) in [6.07, 6.45) is 1.95. The van der Waals surface area contributed by atoms with Crippen molar-refractivity contribution in [2.75, 3.05) is 13.1 Å². The summed E-state index contributed by atoms with van der Waals surface area (Å²) < 4.78 is 2.56. The Hall–Kier alpha value is -0.863. The van der Waals surface area contributed by atoms with Gasteiger partial charge in [0.2, 0.25) is 0 Å². The van der Waals surface area contributed by atoms with Crippen molar-refractivity contribution in [3.8, 4) is 0 Å². The molecule has 1 rings (SSSR count). The number of nitrogens with zero attached hydrogens (tertiary/aromatic N) is 1. The molecule has 0 radical (unpaired) electrons. The molecule has 0 atom stereocenters. The van der Waals surface area contributed by atoms with E-state index in [0.29, 0.717) is 0 Å². The molecule has 15 heavy (non-hydrogen) atoms. The van der Waals surface area contributed by atoms with Crippen molar-refractivity contribution < 1.29 is 0 Å². The van der Waals surface area contributed by atoms with Crippen LogP contribution in [0.4, 0.5) is 0 Å². The minimum absolute atomic E-state index is 0.272. The number of rotatable bonds is 5. The van der Waals surface area contributed by atoms with Gasteiger partial charge in [-0.1, -0.05) is 44.7 Å². The van der Waals surface area contributed by atoms with E-state index in [-0.39, 0.29) is 9.68 Å². The lowest BCUT2D eigenvalue weighted by Gasteiger charge is -2.19. The molecule has 0 saturated carbocycles. The van der Waals surface area contributed by atoms with E-state index in [1.54, 1.807) is 5.19 Å². The fourth-order valence-electron chi connectivity index (χ4n) is 1.78. The van der Waals surface area contributed by atoms with Crippen molar-refractivity contribution in [2.24, 2.45) is 0 Å². The topological polar surface area (TPSA) is 3.24 Å². The SMILES string of the molecule is C=Cc1cccc([SiH2]N(CC)CC)c1C. The van der Waals surface area contributed by atoms with Crippen LogP contribution in [0.3, 0.4) is 0 Å². The molecule has 0 heterocycles. The van der Waals surface area contributed by atoms with Crippen molar-refractivity contribution in [1.29, 1.82) is 0 Å². The minimum Gasteiger partial charge on any atom is -0.325 e. The first-order valence-corrected chi connectivity index (χ1v) is 7.00. The summed E-state index contributed by atoms with van der Waals surface area (Å²) in [6, 6.07) is 6.56. The molecular formula is C13H21NSi. The van der Waals surface area contributed by atoms with Gasteiger partial charge >= 0.3 is 0 Å². The van der Waals surface area contributed by atoms with E-state index in [1.165, 1.54) is 24.2 Å². The molecule has 0 aliphatic rings. The fraction of sp³-hybridized carbons (Fsp3) is 0.385. The first-order valence-electron chi connectivity index (χ1n) is 5.66. The fourth-order valence-corrected chi connectivity index (χ4v) is 3.40. The zero-order chi connectivity index (χ0) is 11.3. The van der Waals surface area contributed by atoms with E-state index in [9.17, 15) is 0 Å². The van der Waals surface area contributed by atoms with Gasteiger partial charge in [0.15, 0.2) is 0 Å². The molecular weight excluding hydrogens is 198 g/mol. The molecule has 2 heteroatoms. The average Bonchev–Trinajstić information content (AvgIpc) is 2.28. The van der Waals surface area contributed by atoms with Gasteiger partial charge in [-0.25, -0.2) is 0 Å². The Morgan fingerprint density at radius 1 is 1.33 bits per heavy atom. The molecule has 0 fully saturated rings. The van der Waals surface area contributed by atoms with Crippen LogP contribution in [-0.4, -0.2) is 27.3 Å². The Bertz CT molecular complexity index is 329. The first kappa shape index (κ1) is 12.2. The highest BCUT2D eigenvalue weighted by Crippen LogP contribution is 2.06. The summed E-state index contributed by atoms with van der Waals surface area (Å²) in [5, 5.41) is 1.55. The summed E-state index contributed by atoms with van der Waals surface area (Å²) in [5.74, 6) is 0. The van der Waals surface area contributed by atoms with E-state index < -0.39 is 0 Å². The lowest BCUT2D eigenvalue weighted by atomic mass is 10.1. The zero-order valence-electron chi connectivity index (χ0n) is 10.1. The Kier molecular flexibility index (Phi) is 4.79. The Balaban J connectivity index is 2.89. The second-order valence-corrected chi connectivity index (χ2v) is 5.77. The molecule has 1 nitrogen and oxygen atoms in total. The number of benzene rings is 1. The second-order valence-electron chi connectivity index (χ2n) is 3.80. The third kappa shape index (κ3) is 3.04. The number of hydrogen-bond donors (Lipinski definition) is 0. The van der Waals surface area contributed by atoms with Crippen molar-refractivity contribution in [1.82, 2.24) is 4.57 Å². The Morgan fingerprint density at radius 3 is 2.53 bits per heavy atom. The number of hydrogen-bond acceptors (Lipinski definition) is 1. The Labute approximate surface area is 95.7 Å². The molecule has 1 aromatic carbocycles. The first-order chi connectivity index (χ1) is 7.22. The summed E-state index contributed by atoms with van der Waals surface area (Å²) in [6.45, 7) is 12.9. The van der Waals surface area contributed by atoms with Crippen LogP contribution < -0.4 is 5.19 Å². The van der Waals surface area contributed by atoms with E-state index in [0.717, 1.165) is 0 Å². The van der Waals surface area contributed by atoms with Crippen LogP contribution >= 0.6 is 0 Å². The van der Waals surface area contributed by atoms with Crippen LogP contribution in [0, 0.1) is 6.92 Å². The molecule has 1 aromatic rings. The smallest absolute Gasteiger partial charge is 0.127 e. The standard InChI is InChI=1S/C13H21NSi/c1-5-12-9-8-10-13(11(12)4)15-14(6-2)7-3/h5,8-10H,1,6-7,15H2,2-4H3. The monoisotopic (exact) mass is 219 g/mol. The minimum atomic E-state index is -0.272. The summed E-state index contributed by atoms with van der Waals surface area (Å²) in [4.78, 5) is 0. The quantitative estimate of drug-likeness (QED) is 0.681. The van der Waals surface area contributed by atoms with Gasteiger partial charge < -0.3 is 4.57 Å². The lowest BCUT2D eigenvalue weighted by molar-refractivity contribution is 0.498. The average molecular weight is 219 g/mol. The van der Waals surface area contributed by atoms with Gasteiger partial charge in [0.1, 0.15) is 9.68 Å². The van der Waals surface area contributed by atoms with Gasteiger partial charge in [0.25, 0.3) is 0 Å². The van der Waals surface area contributed by atoms with Gasteiger partial charge in [-0.15, -0.1) is 0 Å². The summed E-state index contributed by atoms with van der Waals surface area (Å²) >= 11 is 0. The summed E-state index contributed by atoms with van der Waals surface area (Å²) in [5.41, 5.74) is 2.71. The maximum atomic E-state index is 3.85. The highest BCUT2D eigenvalue weighted by molar-refractivity contribution is 6.51. The normalized spacial score (nSPS) is 11.5. The van der Waals surface area contributed by atoms with E-state index in [4.69, 9.17) is 0 Å².